The Bertz CT molecular complexity index is 448. The van der Waals surface area contributed by atoms with E-state index in [9.17, 15) is 25.6 Å². The van der Waals surface area contributed by atoms with Crippen molar-refractivity contribution in [2.75, 3.05) is 26.2 Å². The zero-order valence-electron chi connectivity index (χ0n) is 12.7. The number of halogens is 2. The van der Waals surface area contributed by atoms with E-state index in [1.807, 2.05) is 0 Å². The SMILES string of the molecule is C1CCNCC1.C1CCNCC1.O=S(=O)(O)C(F)(F)S(=O)(=O)O. The van der Waals surface area contributed by atoms with Crippen LogP contribution in [0.15, 0.2) is 0 Å². The first kappa shape index (κ1) is 22.6. The second-order valence-corrected chi connectivity index (χ2v) is 8.22. The lowest BCUT2D eigenvalue weighted by molar-refractivity contribution is 0.153. The van der Waals surface area contributed by atoms with Crippen LogP contribution in [-0.4, -0.2) is 56.7 Å². The molecule has 2 rings (SSSR count). The molecule has 23 heavy (non-hydrogen) atoms. The molecule has 0 spiro atoms. The monoisotopic (exact) mass is 382 g/mol. The van der Waals surface area contributed by atoms with Gasteiger partial charge >= 0.3 is 24.8 Å². The predicted octanol–water partition coefficient (Wildman–Crippen LogP) is 0.832. The number of nitrogens with one attached hydrogen (secondary N) is 2. The van der Waals surface area contributed by atoms with Gasteiger partial charge in [0.1, 0.15) is 0 Å². The first-order valence-corrected chi connectivity index (χ1v) is 10.1. The molecular formula is C11H24F2N2O6S2. The standard InChI is InChI=1S/2C5H11N.CH2F2O6S2/c2*1-2-4-6-5-3-1;2-1(3,10(4,5)6)11(7,8)9/h2*6H,1-5H2;(H,4,5,6)(H,7,8,9). The van der Waals surface area contributed by atoms with Gasteiger partial charge in [-0.15, -0.1) is 0 Å². The van der Waals surface area contributed by atoms with E-state index in [0.29, 0.717) is 0 Å². The molecule has 0 aromatic rings. The van der Waals surface area contributed by atoms with Crippen molar-refractivity contribution in [3.05, 3.63) is 0 Å². The smallest absolute Gasteiger partial charge is 0.317 e. The van der Waals surface area contributed by atoms with Crippen molar-refractivity contribution in [1.82, 2.24) is 10.6 Å². The summed E-state index contributed by atoms with van der Waals surface area (Å²) < 4.78 is 71.3. The third kappa shape index (κ3) is 9.47. The van der Waals surface area contributed by atoms with E-state index in [1.54, 1.807) is 0 Å². The average molecular weight is 382 g/mol. The first-order valence-electron chi connectivity index (χ1n) is 7.23. The molecule has 0 bridgehead atoms. The van der Waals surface area contributed by atoms with Crippen LogP contribution in [0.2, 0.25) is 0 Å². The summed E-state index contributed by atoms with van der Waals surface area (Å²) >= 11 is 0. The first-order chi connectivity index (χ1) is 10.5. The number of alkyl halides is 2. The number of rotatable bonds is 2. The van der Waals surface area contributed by atoms with Crippen molar-refractivity contribution >= 4 is 20.2 Å². The van der Waals surface area contributed by atoms with Gasteiger partial charge in [0.2, 0.25) is 0 Å². The maximum atomic E-state index is 11.8. The Morgan fingerprint density at radius 1 is 0.652 bits per heavy atom. The van der Waals surface area contributed by atoms with Gasteiger partial charge in [-0.2, -0.15) is 25.6 Å². The van der Waals surface area contributed by atoms with Gasteiger partial charge < -0.3 is 10.6 Å². The molecule has 0 unspecified atom stereocenters. The molecule has 8 nitrogen and oxygen atoms in total. The second kappa shape index (κ2) is 10.5. The van der Waals surface area contributed by atoms with Crippen LogP contribution < -0.4 is 10.6 Å². The van der Waals surface area contributed by atoms with Gasteiger partial charge in [0.15, 0.2) is 0 Å². The largest absolute Gasteiger partial charge is 0.495 e. The van der Waals surface area contributed by atoms with E-state index in [-0.39, 0.29) is 0 Å². The highest BCUT2D eigenvalue weighted by atomic mass is 32.3. The van der Waals surface area contributed by atoms with E-state index in [0.717, 1.165) is 0 Å². The van der Waals surface area contributed by atoms with Crippen molar-refractivity contribution in [3.63, 3.8) is 0 Å². The summed E-state index contributed by atoms with van der Waals surface area (Å²) in [6.07, 6.45) is 8.43. The summed E-state index contributed by atoms with van der Waals surface area (Å²) in [5.74, 6) is 0. The molecule has 0 aromatic heterocycles. The van der Waals surface area contributed by atoms with Gasteiger partial charge in [-0.3, -0.25) is 9.11 Å². The van der Waals surface area contributed by atoms with Crippen molar-refractivity contribution in [1.29, 1.82) is 0 Å². The topological polar surface area (TPSA) is 133 Å². The van der Waals surface area contributed by atoms with Crippen LogP contribution >= 0.6 is 0 Å². The lowest BCUT2D eigenvalue weighted by atomic mass is 10.2. The minimum absolute atomic E-state index is 1.25. The molecule has 0 amide bonds. The van der Waals surface area contributed by atoms with Gasteiger partial charge in [0.05, 0.1) is 0 Å². The van der Waals surface area contributed by atoms with Gasteiger partial charge in [-0.1, -0.05) is 12.8 Å². The van der Waals surface area contributed by atoms with Crippen LogP contribution in [0.5, 0.6) is 0 Å². The molecule has 2 aliphatic heterocycles. The Hall–Kier alpha value is -0.400. The molecule has 2 heterocycles. The van der Waals surface area contributed by atoms with Crippen molar-refractivity contribution in [3.8, 4) is 0 Å². The summed E-state index contributed by atoms with van der Waals surface area (Å²) in [5.41, 5.74) is 0. The Morgan fingerprint density at radius 2 is 0.913 bits per heavy atom. The fourth-order valence-corrected chi connectivity index (χ4v) is 2.80. The molecule has 0 aromatic carbocycles. The van der Waals surface area contributed by atoms with E-state index in [4.69, 9.17) is 9.11 Å². The quantitative estimate of drug-likeness (QED) is 0.516. The van der Waals surface area contributed by atoms with Crippen LogP contribution in [0.3, 0.4) is 0 Å². The zero-order chi connectivity index (χ0) is 18.0. The minimum Gasteiger partial charge on any atom is -0.317 e. The van der Waals surface area contributed by atoms with Gasteiger partial charge in [-0.05, 0) is 51.9 Å². The lowest BCUT2D eigenvalue weighted by Gasteiger charge is -2.08. The molecule has 0 aliphatic carbocycles. The summed E-state index contributed by atoms with van der Waals surface area (Å²) in [6, 6.07) is 0. The third-order valence-corrected chi connectivity index (χ3v) is 5.48. The second-order valence-electron chi connectivity index (χ2n) is 5.03. The molecule has 140 valence electrons. The molecule has 4 N–H and O–H groups in total. The van der Waals surface area contributed by atoms with Crippen LogP contribution in [0.4, 0.5) is 8.78 Å². The normalized spacial score (nSPS) is 19.7. The molecule has 0 saturated carbocycles. The van der Waals surface area contributed by atoms with Gasteiger partial charge in [-0.25, -0.2) is 0 Å². The number of hydrogen-bond acceptors (Lipinski definition) is 6. The van der Waals surface area contributed by atoms with E-state index in [2.05, 4.69) is 10.6 Å². The van der Waals surface area contributed by atoms with E-state index >= 15 is 0 Å². The lowest BCUT2D eigenvalue weighted by Crippen LogP contribution is -2.36. The zero-order valence-corrected chi connectivity index (χ0v) is 14.3. The molecular weight excluding hydrogens is 358 g/mol. The van der Waals surface area contributed by atoms with Crippen molar-refractivity contribution in [2.24, 2.45) is 0 Å². The molecule has 2 aliphatic rings. The number of piperidine rings is 2. The van der Waals surface area contributed by atoms with Crippen LogP contribution in [0, 0.1) is 0 Å². The summed E-state index contributed by atoms with van der Waals surface area (Å²) in [4.78, 5) is 0. The number of hydrogen-bond donors (Lipinski definition) is 4. The summed E-state index contributed by atoms with van der Waals surface area (Å²) in [6.45, 7) is 5.00. The minimum atomic E-state index is -6.13. The average Bonchev–Trinajstić information content (AvgIpc) is 2.50. The maximum Gasteiger partial charge on any atom is 0.495 e. The molecule has 2 fully saturated rings. The van der Waals surface area contributed by atoms with E-state index < -0.39 is 24.8 Å². The summed E-state index contributed by atoms with van der Waals surface area (Å²) in [7, 11) is -12.3. The highest BCUT2D eigenvalue weighted by Gasteiger charge is 2.57. The highest BCUT2D eigenvalue weighted by Crippen LogP contribution is 2.25. The molecule has 0 atom stereocenters. The van der Waals surface area contributed by atoms with Crippen LogP contribution in [-0.2, 0) is 20.2 Å². The Labute approximate surface area is 135 Å². The fraction of sp³-hybridized carbons (Fsp3) is 1.00. The Balaban J connectivity index is 0.000000339. The summed E-state index contributed by atoms with van der Waals surface area (Å²) in [5, 5.41) is 6.57. The van der Waals surface area contributed by atoms with Crippen LogP contribution in [0.1, 0.15) is 38.5 Å². The van der Waals surface area contributed by atoms with E-state index in [1.165, 1.54) is 64.7 Å². The molecule has 12 heteroatoms. The van der Waals surface area contributed by atoms with Crippen molar-refractivity contribution in [2.45, 2.75) is 43.1 Å². The highest BCUT2D eigenvalue weighted by molar-refractivity contribution is 8.04. The Kier molecular flexibility index (Phi) is 10.3. The third-order valence-electron chi connectivity index (χ3n) is 3.01. The Morgan fingerprint density at radius 3 is 0.957 bits per heavy atom. The van der Waals surface area contributed by atoms with Crippen LogP contribution in [0.25, 0.3) is 0 Å². The van der Waals surface area contributed by atoms with Gasteiger partial charge in [0.25, 0.3) is 0 Å². The van der Waals surface area contributed by atoms with Crippen molar-refractivity contribution < 1.29 is 34.7 Å². The van der Waals surface area contributed by atoms with Gasteiger partial charge in [0, 0.05) is 0 Å². The molecule has 0 radical (unpaired) electrons. The predicted molar refractivity (Wildman–Crippen MR) is 81.5 cm³/mol. The fourth-order valence-electron chi connectivity index (χ4n) is 1.74. The molecule has 2 saturated heterocycles. The maximum absolute atomic E-state index is 11.8.